The van der Waals surface area contributed by atoms with E-state index in [2.05, 4.69) is 31.9 Å². The number of halogens is 2. The summed E-state index contributed by atoms with van der Waals surface area (Å²) in [4.78, 5) is 11.7. The zero-order valence-corrected chi connectivity index (χ0v) is 11.3. The average Bonchev–Trinajstić information content (AvgIpc) is 2.18. The van der Waals surface area contributed by atoms with E-state index in [1.54, 1.807) is 0 Å². The molecule has 0 saturated heterocycles. The molecule has 0 spiro atoms. The predicted octanol–water partition coefficient (Wildman–Crippen LogP) is 3.65. The molecule has 0 unspecified atom stereocenters. The molecule has 0 amide bonds. The molecule has 0 saturated carbocycles. The number of rotatable bonds is 3. The third-order valence-corrected chi connectivity index (χ3v) is 3.40. The van der Waals surface area contributed by atoms with Crippen LogP contribution in [-0.2, 0) is 9.12 Å². The Kier molecular flexibility index (Phi) is 3.90. The van der Waals surface area contributed by atoms with E-state index in [1.165, 1.54) is 0 Å². The maximum Gasteiger partial charge on any atom is 0.166 e. The zero-order valence-electron chi connectivity index (χ0n) is 8.13. The second kappa shape index (κ2) is 4.58. The van der Waals surface area contributed by atoms with Crippen LogP contribution in [-0.4, -0.2) is 10.6 Å². The summed E-state index contributed by atoms with van der Waals surface area (Å²) in [7, 11) is 0. The molecule has 76 valence electrons. The summed E-state index contributed by atoms with van der Waals surface area (Å²) in [6.07, 6.45) is 0. The molecule has 0 N–H and O–H groups in total. The van der Waals surface area contributed by atoms with E-state index >= 15 is 0 Å². The van der Waals surface area contributed by atoms with Crippen LogP contribution in [0.25, 0.3) is 0 Å². The minimum Gasteiger partial charge on any atom is -0.296 e. The van der Waals surface area contributed by atoms with E-state index in [0.717, 1.165) is 5.56 Å². The van der Waals surface area contributed by atoms with Gasteiger partial charge in [0.05, 0.1) is 4.83 Å². The Balaban J connectivity index is 3.02. The Labute approximate surface area is 101 Å². The van der Waals surface area contributed by atoms with Crippen LogP contribution >= 0.6 is 31.9 Å². The smallest absolute Gasteiger partial charge is 0.166 e. The normalized spacial score (nSPS) is 17.1. The fourth-order valence-electron chi connectivity index (χ4n) is 1.27. The van der Waals surface area contributed by atoms with Crippen LogP contribution in [0.3, 0.4) is 0 Å². The van der Waals surface area contributed by atoms with Gasteiger partial charge in [0.2, 0.25) is 0 Å². The highest BCUT2D eigenvalue weighted by molar-refractivity contribution is 9.10. The molecule has 1 rings (SSSR count). The second-order valence-electron chi connectivity index (χ2n) is 3.35. The van der Waals surface area contributed by atoms with Gasteiger partial charge in [0.15, 0.2) is 5.78 Å². The summed E-state index contributed by atoms with van der Waals surface area (Å²) < 4.78 is -0.600. The number of Topliss-reactive ketones (excluding diaryl/α,β-unsaturated/α-hetero) is 1. The van der Waals surface area contributed by atoms with Crippen molar-refractivity contribution in [2.75, 3.05) is 0 Å². The summed E-state index contributed by atoms with van der Waals surface area (Å²) in [6, 6.07) is 9.70. The number of benzene rings is 1. The van der Waals surface area contributed by atoms with Crippen LogP contribution in [0.2, 0.25) is 0 Å². The molecule has 0 aliphatic heterocycles. The summed E-state index contributed by atoms with van der Waals surface area (Å²) in [5, 5.41) is 0. The van der Waals surface area contributed by atoms with Gasteiger partial charge in [-0.05, 0) is 19.4 Å². The predicted molar refractivity (Wildman–Crippen MR) is 66.1 cm³/mol. The highest BCUT2D eigenvalue weighted by Gasteiger charge is 2.33. The maximum absolute atomic E-state index is 11.9. The Morgan fingerprint density at radius 1 is 1.36 bits per heavy atom. The molecule has 0 heterocycles. The third-order valence-electron chi connectivity index (χ3n) is 2.14. The molecule has 0 fully saturated rings. The first-order valence-electron chi connectivity index (χ1n) is 4.39. The van der Waals surface area contributed by atoms with Crippen molar-refractivity contribution < 1.29 is 4.79 Å². The van der Waals surface area contributed by atoms with Crippen molar-refractivity contribution in [1.29, 1.82) is 0 Å². The van der Waals surface area contributed by atoms with Gasteiger partial charge in [-0.1, -0.05) is 62.2 Å². The largest absolute Gasteiger partial charge is 0.296 e. The SMILES string of the molecule is C[C@H](Br)C(=O)[C@](C)(Br)c1ccccc1. The van der Waals surface area contributed by atoms with Crippen LogP contribution in [0.5, 0.6) is 0 Å². The summed E-state index contributed by atoms with van der Waals surface area (Å²) in [5.74, 6) is 0.128. The molecule has 1 aromatic carbocycles. The van der Waals surface area contributed by atoms with Gasteiger partial charge in [0.1, 0.15) is 4.32 Å². The van der Waals surface area contributed by atoms with E-state index < -0.39 is 4.32 Å². The molecule has 14 heavy (non-hydrogen) atoms. The lowest BCUT2D eigenvalue weighted by molar-refractivity contribution is -0.120. The van der Waals surface area contributed by atoms with Crippen LogP contribution in [0.15, 0.2) is 30.3 Å². The van der Waals surface area contributed by atoms with Gasteiger partial charge in [-0.3, -0.25) is 4.79 Å². The van der Waals surface area contributed by atoms with Crippen LogP contribution in [0, 0.1) is 0 Å². The molecule has 1 nitrogen and oxygen atoms in total. The number of carbonyl (C=O) groups is 1. The van der Waals surface area contributed by atoms with E-state index in [-0.39, 0.29) is 10.6 Å². The molecule has 1 aromatic rings. The lowest BCUT2D eigenvalue weighted by atomic mass is 9.95. The Morgan fingerprint density at radius 2 is 1.86 bits per heavy atom. The van der Waals surface area contributed by atoms with Crippen molar-refractivity contribution in [3.8, 4) is 0 Å². The highest BCUT2D eigenvalue weighted by atomic mass is 79.9. The van der Waals surface area contributed by atoms with Crippen molar-refractivity contribution in [3.63, 3.8) is 0 Å². The number of ketones is 1. The standard InChI is InChI=1S/C11H12Br2O/c1-8(12)10(14)11(2,13)9-6-4-3-5-7-9/h3-8H,1-2H3/t8-,11+/m0/s1. The van der Waals surface area contributed by atoms with Gasteiger partial charge in [0.25, 0.3) is 0 Å². The summed E-state index contributed by atoms with van der Waals surface area (Å²) >= 11 is 6.77. The lowest BCUT2D eigenvalue weighted by Crippen LogP contribution is -2.31. The zero-order chi connectivity index (χ0) is 10.8. The molecule has 0 bridgehead atoms. The molecular formula is C11H12Br2O. The molecule has 0 aromatic heterocycles. The first-order valence-corrected chi connectivity index (χ1v) is 6.10. The van der Waals surface area contributed by atoms with Crippen LogP contribution < -0.4 is 0 Å². The van der Waals surface area contributed by atoms with E-state index in [4.69, 9.17) is 0 Å². The Bertz CT molecular complexity index is 317. The van der Waals surface area contributed by atoms with E-state index in [1.807, 2.05) is 44.2 Å². The minimum absolute atomic E-state index is 0.128. The van der Waals surface area contributed by atoms with Crippen molar-refractivity contribution in [3.05, 3.63) is 35.9 Å². The quantitative estimate of drug-likeness (QED) is 0.777. The summed E-state index contributed by atoms with van der Waals surface area (Å²) in [6.45, 7) is 3.72. The number of hydrogen-bond acceptors (Lipinski definition) is 1. The van der Waals surface area contributed by atoms with Crippen molar-refractivity contribution in [2.24, 2.45) is 0 Å². The fraction of sp³-hybridized carbons (Fsp3) is 0.364. The van der Waals surface area contributed by atoms with Crippen molar-refractivity contribution in [1.82, 2.24) is 0 Å². The highest BCUT2D eigenvalue weighted by Crippen LogP contribution is 2.33. The number of carbonyl (C=O) groups excluding carboxylic acids is 1. The van der Waals surface area contributed by atoms with Crippen LogP contribution in [0.4, 0.5) is 0 Å². The van der Waals surface area contributed by atoms with Gasteiger partial charge in [-0.25, -0.2) is 0 Å². The molecular weight excluding hydrogens is 308 g/mol. The van der Waals surface area contributed by atoms with Gasteiger partial charge in [0, 0.05) is 0 Å². The van der Waals surface area contributed by atoms with Crippen molar-refractivity contribution >= 4 is 37.6 Å². The van der Waals surface area contributed by atoms with Gasteiger partial charge in [-0.2, -0.15) is 0 Å². The molecule has 3 heteroatoms. The molecule has 0 aliphatic carbocycles. The number of alkyl halides is 2. The van der Waals surface area contributed by atoms with Crippen molar-refractivity contribution in [2.45, 2.75) is 23.0 Å². The number of hydrogen-bond donors (Lipinski definition) is 0. The molecule has 0 aliphatic rings. The lowest BCUT2D eigenvalue weighted by Gasteiger charge is -2.22. The first kappa shape index (κ1) is 11.9. The van der Waals surface area contributed by atoms with Crippen LogP contribution in [0.1, 0.15) is 19.4 Å². The maximum atomic E-state index is 11.9. The third kappa shape index (κ3) is 2.45. The monoisotopic (exact) mass is 318 g/mol. The molecule has 2 atom stereocenters. The minimum atomic E-state index is -0.600. The average molecular weight is 320 g/mol. The fourth-order valence-corrected chi connectivity index (χ4v) is 2.64. The second-order valence-corrected chi connectivity index (χ2v) is 6.31. The van der Waals surface area contributed by atoms with E-state index in [9.17, 15) is 4.79 Å². The topological polar surface area (TPSA) is 17.1 Å². The van der Waals surface area contributed by atoms with Gasteiger partial charge < -0.3 is 0 Å². The van der Waals surface area contributed by atoms with Gasteiger partial charge >= 0.3 is 0 Å². The van der Waals surface area contributed by atoms with Gasteiger partial charge in [-0.15, -0.1) is 0 Å². The Morgan fingerprint density at radius 3 is 2.29 bits per heavy atom. The first-order chi connectivity index (χ1) is 6.46. The Hall–Kier alpha value is -0.150. The summed E-state index contributed by atoms with van der Waals surface area (Å²) in [5.41, 5.74) is 0.983. The van der Waals surface area contributed by atoms with E-state index in [0.29, 0.717) is 0 Å². The molecule has 0 radical (unpaired) electrons.